The molecular weight excluding hydrogens is 342 g/mol. The number of rotatable bonds is 11. The number of nitrogens with one attached hydrogen (secondary N) is 2. The standard InChI is InChI=1S/C21H41N3O3/c1-5-7-12-27-19-16-18(21(19,3)4)24-20(22-6-2)23-11-8-13-26-17-9-14-25-15-10-17/h17-19H,5-16H2,1-4H3,(H2,22,23,24). The van der Waals surface area contributed by atoms with E-state index in [0.717, 1.165) is 77.6 Å². The van der Waals surface area contributed by atoms with Crippen LogP contribution >= 0.6 is 0 Å². The summed E-state index contributed by atoms with van der Waals surface area (Å²) in [6.07, 6.45) is 7.08. The van der Waals surface area contributed by atoms with Crippen LogP contribution in [0.3, 0.4) is 0 Å². The van der Waals surface area contributed by atoms with Gasteiger partial charge in [-0.3, -0.25) is 4.99 Å². The van der Waals surface area contributed by atoms with Crippen molar-refractivity contribution in [3.05, 3.63) is 0 Å². The molecule has 2 N–H and O–H groups in total. The maximum Gasteiger partial charge on any atom is 0.191 e. The third-order valence-corrected chi connectivity index (χ3v) is 5.74. The number of ether oxygens (including phenoxy) is 3. The minimum absolute atomic E-state index is 0.135. The Bertz CT molecular complexity index is 436. The molecule has 1 saturated heterocycles. The third kappa shape index (κ3) is 7.24. The molecule has 27 heavy (non-hydrogen) atoms. The highest BCUT2D eigenvalue weighted by Crippen LogP contribution is 2.42. The fourth-order valence-corrected chi connectivity index (χ4v) is 3.62. The molecule has 2 rings (SSSR count). The smallest absolute Gasteiger partial charge is 0.191 e. The molecule has 1 heterocycles. The predicted molar refractivity (Wildman–Crippen MR) is 110 cm³/mol. The van der Waals surface area contributed by atoms with Crippen LogP contribution < -0.4 is 10.6 Å². The maximum atomic E-state index is 6.05. The molecule has 6 heteroatoms. The predicted octanol–water partition coefficient (Wildman–Crippen LogP) is 3.11. The Morgan fingerprint density at radius 3 is 2.52 bits per heavy atom. The second-order valence-electron chi connectivity index (χ2n) is 8.26. The van der Waals surface area contributed by atoms with Gasteiger partial charge < -0.3 is 24.8 Å². The lowest BCUT2D eigenvalue weighted by Gasteiger charge is -2.52. The van der Waals surface area contributed by atoms with Crippen LogP contribution in [0.15, 0.2) is 4.99 Å². The molecule has 0 bridgehead atoms. The summed E-state index contributed by atoms with van der Waals surface area (Å²) in [7, 11) is 0. The summed E-state index contributed by atoms with van der Waals surface area (Å²) in [5.41, 5.74) is 0.135. The van der Waals surface area contributed by atoms with E-state index >= 15 is 0 Å². The zero-order valence-corrected chi connectivity index (χ0v) is 17.9. The first-order valence-corrected chi connectivity index (χ1v) is 10.9. The van der Waals surface area contributed by atoms with Gasteiger partial charge in [0.05, 0.1) is 12.2 Å². The fraction of sp³-hybridized carbons (Fsp3) is 0.952. The van der Waals surface area contributed by atoms with Gasteiger partial charge in [-0.05, 0) is 39.0 Å². The Morgan fingerprint density at radius 1 is 1.11 bits per heavy atom. The topological polar surface area (TPSA) is 64.1 Å². The van der Waals surface area contributed by atoms with Crippen LogP contribution in [0.4, 0.5) is 0 Å². The van der Waals surface area contributed by atoms with E-state index in [9.17, 15) is 0 Å². The zero-order valence-electron chi connectivity index (χ0n) is 17.9. The summed E-state index contributed by atoms with van der Waals surface area (Å²) < 4.78 is 17.3. The molecule has 0 radical (unpaired) electrons. The molecule has 2 fully saturated rings. The molecule has 2 unspecified atom stereocenters. The average molecular weight is 384 g/mol. The van der Waals surface area contributed by atoms with Crippen LogP contribution in [0.2, 0.25) is 0 Å². The highest BCUT2D eigenvalue weighted by atomic mass is 16.5. The summed E-state index contributed by atoms with van der Waals surface area (Å²) >= 11 is 0. The molecule has 0 aromatic rings. The van der Waals surface area contributed by atoms with E-state index in [4.69, 9.17) is 19.2 Å². The second-order valence-corrected chi connectivity index (χ2v) is 8.26. The molecule has 6 nitrogen and oxygen atoms in total. The highest BCUT2D eigenvalue weighted by Gasteiger charge is 2.49. The van der Waals surface area contributed by atoms with E-state index in [1.165, 1.54) is 6.42 Å². The normalized spacial score (nSPS) is 25.9. The molecule has 0 amide bonds. The zero-order chi connectivity index (χ0) is 19.5. The van der Waals surface area contributed by atoms with Crippen LogP contribution in [0.5, 0.6) is 0 Å². The molecule has 1 aliphatic heterocycles. The van der Waals surface area contributed by atoms with Gasteiger partial charge >= 0.3 is 0 Å². The van der Waals surface area contributed by atoms with E-state index in [1.54, 1.807) is 0 Å². The molecule has 0 aromatic heterocycles. The summed E-state index contributed by atoms with van der Waals surface area (Å²) in [6.45, 7) is 13.8. The van der Waals surface area contributed by atoms with Crippen molar-refractivity contribution in [1.29, 1.82) is 0 Å². The Hall–Kier alpha value is -0.850. The number of unbranched alkanes of at least 4 members (excludes halogenated alkanes) is 1. The van der Waals surface area contributed by atoms with Crippen LogP contribution in [-0.2, 0) is 14.2 Å². The van der Waals surface area contributed by atoms with Crippen molar-refractivity contribution in [2.45, 2.75) is 84.5 Å². The number of hydrogen-bond donors (Lipinski definition) is 2. The first kappa shape index (κ1) is 22.4. The Kier molecular flexibility index (Phi) is 9.87. The summed E-state index contributed by atoms with van der Waals surface area (Å²) in [5.74, 6) is 0.911. The van der Waals surface area contributed by atoms with E-state index in [-0.39, 0.29) is 5.41 Å². The average Bonchev–Trinajstić information content (AvgIpc) is 2.67. The number of guanidine groups is 1. The summed E-state index contributed by atoms with van der Waals surface area (Å²) in [6, 6.07) is 0.403. The van der Waals surface area contributed by atoms with Crippen LogP contribution in [0.1, 0.15) is 66.2 Å². The quantitative estimate of drug-likeness (QED) is 0.326. The van der Waals surface area contributed by atoms with E-state index < -0.39 is 0 Å². The SMILES string of the molecule is CCCCOC1CC(NC(=NCCCOC2CCOCC2)NCC)C1(C)C. The lowest BCUT2D eigenvalue weighted by atomic mass is 9.64. The van der Waals surface area contributed by atoms with Crippen molar-refractivity contribution < 1.29 is 14.2 Å². The van der Waals surface area contributed by atoms with Gasteiger partial charge in [0.15, 0.2) is 5.96 Å². The molecule has 158 valence electrons. The van der Waals surface area contributed by atoms with E-state index in [2.05, 4.69) is 38.3 Å². The van der Waals surface area contributed by atoms with Gasteiger partial charge in [0, 0.05) is 51.0 Å². The molecule has 2 aliphatic rings. The van der Waals surface area contributed by atoms with Crippen molar-refractivity contribution in [1.82, 2.24) is 10.6 Å². The maximum absolute atomic E-state index is 6.05. The van der Waals surface area contributed by atoms with Crippen molar-refractivity contribution >= 4 is 5.96 Å². The second kappa shape index (κ2) is 11.9. The Labute approximate surface area is 165 Å². The molecule has 0 aromatic carbocycles. The lowest BCUT2D eigenvalue weighted by Crippen LogP contribution is -2.63. The van der Waals surface area contributed by atoms with Crippen LogP contribution in [0, 0.1) is 5.41 Å². The molecule has 1 saturated carbocycles. The molecule has 1 aliphatic carbocycles. The van der Waals surface area contributed by atoms with Crippen molar-refractivity contribution in [2.24, 2.45) is 10.4 Å². The van der Waals surface area contributed by atoms with Gasteiger partial charge in [-0.2, -0.15) is 0 Å². The van der Waals surface area contributed by atoms with Gasteiger partial charge in [-0.25, -0.2) is 0 Å². The molecule has 2 atom stereocenters. The van der Waals surface area contributed by atoms with Crippen molar-refractivity contribution in [2.75, 3.05) is 39.5 Å². The first-order valence-electron chi connectivity index (χ1n) is 10.9. The highest BCUT2D eigenvalue weighted by molar-refractivity contribution is 5.80. The van der Waals surface area contributed by atoms with Gasteiger partial charge in [0.1, 0.15) is 0 Å². The minimum atomic E-state index is 0.135. The fourth-order valence-electron chi connectivity index (χ4n) is 3.62. The van der Waals surface area contributed by atoms with Crippen LogP contribution in [0.25, 0.3) is 0 Å². The lowest BCUT2D eigenvalue weighted by molar-refractivity contribution is -0.113. The van der Waals surface area contributed by atoms with Crippen LogP contribution in [-0.4, -0.2) is 63.7 Å². The van der Waals surface area contributed by atoms with Crippen molar-refractivity contribution in [3.8, 4) is 0 Å². The Morgan fingerprint density at radius 2 is 1.85 bits per heavy atom. The molecule has 0 spiro atoms. The summed E-state index contributed by atoms with van der Waals surface area (Å²) in [5, 5.41) is 6.97. The number of aliphatic imine (C=N–C) groups is 1. The number of nitrogens with zero attached hydrogens (tertiary/aromatic N) is 1. The third-order valence-electron chi connectivity index (χ3n) is 5.74. The van der Waals surface area contributed by atoms with Gasteiger partial charge in [0.25, 0.3) is 0 Å². The Balaban J connectivity index is 1.68. The first-order chi connectivity index (χ1) is 13.1. The largest absolute Gasteiger partial charge is 0.381 e. The monoisotopic (exact) mass is 383 g/mol. The van der Waals surface area contributed by atoms with Gasteiger partial charge in [-0.1, -0.05) is 27.2 Å². The van der Waals surface area contributed by atoms with Gasteiger partial charge in [-0.15, -0.1) is 0 Å². The molecular formula is C21H41N3O3. The minimum Gasteiger partial charge on any atom is -0.381 e. The van der Waals surface area contributed by atoms with E-state index in [1.807, 2.05) is 0 Å². The van der Waals surface area contributed by atoms with Crippen molar-refractivity contribution in [3.63, 3.8) is 0 Å². The van der Waals surface area contributed by atoms with Gasteiger partial charge in [0.2, 0.25) is 0 Å². The number of hydrogen-bond acceptors (Lipinski definition) is 4. The van der Waals surface area contributed by atoms with E-state index in [0.29, 0.717) is 18.2 Å². The summed E-state index contributed by atoms with van der Waals surface area (Å²) in [4.78, 5) is 4.73.